The Bertz CT molecular complexity index is 393. The number of fused-ring (bicyclic) bond motifs is 1. The van der Waals surface area contributed by atoms with Crippen LogP contribution in [0.3, 0.4) is 0 Å². The lowest BCUT2D eigenvalue weighted by Gasteiger charge is -2.21. The van der Waals surface area contributed by atoms with E-state index in [1.54, 1.807) is 0 Å². The van der Waals surface area contributed by atoms with Crippen molar-refractivity contribution in [1.82, 2.24) is 0 Å². The Morgan fingerprint density at radius 3 is 2.53 bits per heavy atom. The van der Waals surface area contributed by atoms with Crippen LogP contribution in [0.1, 0.15) is 15.9 Å². The highest BCUT2D eigenvalue weighted by molar-refractivity contribution is 6.70. The molecular formula is C12H16O2Si. The summed E-state index contributed by atoms with van der Waals surface area (Å²) in [6, 6.07) is 7.79. The van der Waals surface area contributed by atoms with Gasteiger partial charge in [0.1, 0.15) is 6.10 Å². The summed E-state index contributed by atoms with van der Waals surface area (Å²) >= 11 is 0. The predicted molar refractivity (Wildman–Crippen MR) is 62.7 cm³/mol. The second-order valence-electron chi connectivity index (χ2n) is 4.94. The molecule has 0 N–H and O–H groups in total. The maximum Gasteiger partial charge on any atom is 0.190 e. The van der Waals surface area contributed by atoms with E-state index >= 15 is 0 Å². The minimum Gasteiger partial charge on any atom is -0.407 e. The van der Waals surface area contributed by atoms with Crippen molar-refractivity contribution >= 4 is 14.1 Å². The van der Waals surface area contributed by atoms with Crippen molar-refractivity contribution < 1.29 is 9.22 Å². The van der Waals surface area contributed by atoms with Gasteiger partial charge in [0.15, 0.2) is 14.1 Å². The number of ketones is 1. The molecule has 0 aromatic heterocycles. The molecule has 0 fully saturated rings. The standard InChI is InChI=1S/C12H16O2Si/c1-15(2,3)14-11-8-9-6-4-5-7-10(9)12(11)13/h4-7,11H,8H2,1-3H3. The van der Waals surface area contributed by atoms with Crippen molar-refractivity contribution in [3.8, 4) is 0 Å². The van der Waals surface area contributed by atoms with Gasteiger partial charge in [-0.25, -0.2) is 0 Å². The van der Waals surface area contributed by atoms with Crippen LogP contribution in [0.25, 0.3) is 0 Å². The summed E-state index contributed by atoms with van der Waals surface area (Å²) in [7, 11) is -1.62. The fraction of sp³-hybridized carbons (Fsp3) is 0.417. The Balaban J connectivity index is 2.21. The van der Waals surface area contributed by atoms with E-state index in [4.69, 9.17) is 4.43 Å². The largest absolute Gasteiger partial charge is 0.407 e. The van der Waals surface area contributed by atoms with Gasteiger partial charge in [-0.3, -0.25) is 4.79 Å². The first-order valence-electron chi connectivity index (χ1n) is 5.27. The van der Waals surface area contributed by atoms with Gasteiger partial charge in [-0.2, -0.15) is 0 Å². The number of benzene rings is 1. The first-order chi connectivity index (χ1) is 6.97. The summed E-state index contributed by atoms with van der Waals surface area (Å²) < 4.78 is 5.88. The highest BCUT2D eigenvalue weighted by Crippen LogP contribution is 2.25. The first-order valence-corrected chi connectivity index (χ1v) is 8.68. The molecule has 3 heteroatoms. The summed E-state index contributed by atoms with van der Waals surface area (Å²) in [6.07, 6.45) is 0.522. The van der Waals surface area contributed by atoms with E-state index in [0.29, 0.717) is 0 Å². The molecule has 0 spiro atoms. The summed E-state index contributed by atoms with van der Waals surface area (Å²) in [4.78, 5) is 12.0. The van der Waals surface area contributed by atoms with Gasteiger partial charge in [0.05, 0.1) is 0 Å². The van der Waals surface area contributed by atoms with Crippen molar-refractivity contribution in [3.63, 3.8) is 0 Å². The molecule has 1 atom stereocenters. The van der Waals surface area contributed by atoms with Crippen molar-refractivity contribution in [2.45, 2.75) is 32.2 Å². The molecule has 1 unspecified atom stereocenters. The molecule has 0 saturated heterocycles. The SMILES string of the molecule is C[Si](C)(C)OC1Cc2ccccc2C1=O. The minimum absolute atomic E-state index is 0.160. The third kappa shape index (κ3) is 2.18. The molecule has 0 saturated carbocycles. The molecule has 0 aliphatic heterocycles. The Morgan fingerprint density at radius 1 is 1.27 bits per heavy atom. The molecule has 0 bridgehead atoms. The average Bonchev–Trinajstić information content (AvgIpc) is 2.42. The molecular weight excluding hydrogens is 204 g/mol. The topological polar surface area (TPSA) is 26.3 Å². The fourth-order valence-electron chi connectivity index (χ4n) is 1.93. The maximum atomic E-state index is 12.0. The molecule has 1 aliphatic carbocycles. The third-order valence-electron chi connectivity index (χ3n) is 2.48. The number of Topliss-reactive ketones (excluding diaryl/α,β-unsaturated/α-hetero) is 1. The molecule has 1 aliphatic rings. The Hall–Kier alpha value is -0.933. The Morgan fingerprint density at radius 2 is 1.93 bits per heavy atom. The maximum absolute atomic E-state index is 12.0. The number of rotatable bonds is 2. The summed E-state index contributed by atoms with van der Waals surface area (Å²) in [6.45, 7) is 6.34. The lowest BCUT2D eigenvalue weighted by molar-refractivity contribution is 0.0809. The average molecular weight is 220 g/mol. The fourth-order valence-corrected chi connectivity index (χ4v) is 2.97. The molecule has 0 radical (unpaired) electrons. The molecule has 15 heavy (non-hydrogen) atoms. The summed E-state index contributed by atoms with van der Waals surface area (Å²) in [5.74, 6) is 0.160. The van der Waals surface area contributed by atoms with Gasteiger partial charge < -0.3 is 4.43 Å². The third-order valence-corrected chi connectivity index (χ3v) is 3.47. The van der Waals surface area contributed by atoms with Crippen LogP contribution < -0.4 is 0 Å². The van der Waals surface area contributed by atoms with Crippen LogP contribution in [0, 0.1) is 0 Å². The van der Waals surface area contributed by atoms with Crippen molar-refractivity contribution in [3.05, 3.63) is 35.4 Å². The lowest BCUT2D eigenvalue weighted by atomic mass is 10.1. The molecule has 2 nitrogen and oxygen atoms in total. The van der Waals surface area contributed by atoms with Crippen LogP contribution in [0.5, 0.6) is 0 Å². The smallest absolute Gasteiger partial charge is 0.190 e. The van der Waals surface area contributed by atoms with Crippen LogP contribution in [-0.4, -0.2) is 20.2 Å². The molecule has 1 aromatic rings. The van der Waals surface area contributed by atoms with Gasteiger partial charge in [-0.05, 0) is 25.2 Å². The van der Waals surface area contributed by atoms with Gasteiger partial charge in [0.2, 0.25) is 0 Å². The quantitative estimate of drug-likeness (QED) is 0.716. The van der Waals surface area contributed by atoms with Crippen molar-refractivity contribution in [1.29, 1.82) is 0 Å². The number of carbonyl (C=O) groups is 1. The molecule has 0 amide bonds. The van der Waals surface area contributed by atoms with E-state index in [1.165, 1.54) is 0 Å². The van der Waals surface area contributed by atoms with Crippen LogP contribution in [0.15, 0.2) is 24.3 Å². The second-order valence-corrected chi connectivity index (χ2v) is 9.40. The normalized spacial score (nSPS) is 20.5. The monoisotopic (exact) mass is 220 g/mol. The van der Waals surface area contributed by atoms with E-state index in [2.05, 4.69) is 19.6 Å². The summed E-state index contributed by atoms with van der Waals surface area (Å²) in [5, 5.41) is 0. The Kier molecular flexibility index (Phi) is 2.52. The van der Waals surface area contributed by atoms with Gasteiger partial charge in [0.25, 0.3) is 0 Å². The summed E-state index contributed by atoms with van der Waals surface area (Å²) in [5.41, 5.74) is 1.98. The van der Waals surface area contributed by atoms with E-state index < -0.39 is 8.32 Å². The zero-order valence-corrected chi connectivity index (χ0v) is 10.4. The lowest BCUT2D eigenvalue weighted by Crippen LogP contribution is -2.35. The van der Waals surface area contributed by atoms with Crippen molar-refractivity contribution in [2.75, 3.05) is 0 Å². The zero-order valence-electron chi connectivity index (χ0n) is 9.41. The number of hydrogen-bond acceptors (Lipinski definition) is 2. The molecule has 2 rings (SSSR count). The van der Waals surface area contributed by atoms with Gasteiger partial charge >= 0.3 is 0 Å². The second kappa shape index (κ2) is 3.58. The van der Waals surface area contributed by atoms with E-state index in [9.17, 15) is 4.79 Å². The highest BCUT2D eigenvalue weighted by atomic mass is 28.4. The van der Waals surface area contributed by atoms with Crippen LogP contribution >= 0.6 is 0 Å². The Labute approximate surface area is 91.4 Å². The zero-order chi connectivity index (χ0) is 11.1. The van der Waals surface area contributed by atoms with Gasteiger partial charge in [-0.1, -0.05) is 24.3 Å². The van der Waals surface area contributed by atoms with Gasteiger partial charge in [-0.15, -0.1) is 0 Å². The van der Waals surface area contributed by atoms with Crippen LogP contribution in [0.2, 0.25) is 19.6 Å². The predicted octanol–water partition coefficient (Wildman–Crippen LogP) is 2.65. The number of carbonyl (C=O) groups excluding carboxylic acids is 1. The minimum atomic E-state index is -1.62. The first kappa shape index (κ1) is 10.6. The van der Waals surface area contributed by atoms with Crippen molar-refractivity contribution in [2.24, 2.45) is 0 Å². The van der Waals surface area contributed by atoms with Crippen LogP contribution in [0.4, 0.5) is 0 Å². The van der Waals surface area contributed by atoms with E-state index in [1.807, 2.05) is 24.3 Å². The molecule has 1 aromatic carbocycles. The highest BCUT2D eigenvalue weighted by Gasteiger charge is 2.33. The molecule has 80 valence electrons. The van der Waals surface area contributed by atoms with Crippen LogP contribution in [-0.2, 0) is 10.8 Å². The van der Waals surface area contributed by atoms with E-state index in [0.717, 1.165) is 17.5 Å². The molecule has 0 heterocycles. The number of hydrogen-bond donors (Lipinski definition) is 0. The van der Waals surface area contributed by atoms with Gasteiger partial charge in [0, 0.05) is 12.0 Å². The van der Waals surface area contributed by atoms with E-state index in [-0.39, 0.29) is 11.9 Å².